The molecule has 0 saturated carbocycles. The highest BCUT2D eigenvalue weighted by atomic mass is 16.2. The molecule has 0 aromatic carbocycles. The molecule has 1 saturated heterocycles. The molecule has 2 aliphatic rings. The van der Waals surface area contributed by atoms with Crippen LogP contribution in [-0.4, -0.2) is 47.3 Å². The van der Waals surface area contributed by atoms with E-state index in [2.05, 4.69) is 20.8 Å². The van der Waals surface area contributed by atoms with Crippen LogP contribution in [0, 0.1) is 5.41 Å². The SMILES string of the molecule is CC(=O)N1CCN(C(=O)/C=C/C2=C(C)CCCC2(C)C)C[C@@H]1C. The molecule has 1 heterocycles. The summed E-state index contributed by atoms with van der Waals surface area (Å²) in [7, 11) is 0. The Labute approximate surface area is 140 Å². The summed E-state index contributed by atoms with van der Waals surface area (Å²) in [5.74, 6) is 0.145. The highest BCUT2D eigenvalue weighted by Gasteiger charge is 2.29. The van der Waals surface area contributed by atoms with Gasteiger partial charge in [-0.05, 0) is 44.1 Å². The number of nitrogens with zero attached hydrogens (tertiary/aromatic N) is 2. The average molecular weight is 318 g/mol. The Hall–Kier alpha value is -1.58. The number of carbonyl (C=O) groups excluding carboxylic acids is 2. The molecule has 4 nitrogen and oxygen atoms in total. The second kappa shape index (κ2) is 6.90. The van der Waals surface area contributed by atoms with Gasteiger partial charge in [0.05, 0.1) is 0 Å². The number of hydrogen-bond donors (Lipinski definition) is 0. The minimum absolute atomic E-state index is 0.0572. The molecule has 23 heavy (non-hydrogen) atoms. The predicted molar refractivity (Wildman–Crippen MR) is 92.9 cm³/mol. The molecule has 0 aromatic rings. The molecule has 1 aliphatic heterocycles. The Morgan fingerprint density at radius 2 is 1.96 bits per heavy atom. The highest BCUT2D eigenvalue weighted by Crippen LogP contribution is 2.40. The van der Waals surface area contributed by atoms with Gasteiger partial charge in [0.25, 0.3) is 0 Å². The van der Waals surface area contributed by atoms with E-state index in [1.165, 1.54) is 24.0 Å². The molecular weight excluding hydrogens is 288 g/mol. The van der Waals surface area contributed by atoms with Gasteiger partial charge in [0.1, 0.15) is 0 Å². The summed E-state index contributed by atoms with van der Waals surface area (Å²) in [6.45, 7) is 12.2. The molecule has 2 rings (SSSR count). The molecule has 1 atom stereocenters. The van der Waals surface area contributed by atoms with Gasteiger partial charge in [-0.2, -0.15) is 0 Å². The molecule has 1 fully saturated rings. The van der Waals surface area contributed by atoms with Gasteiger partial charge >= 0.3 is 0 Å². The Balaban J connectivity index is 2.04. The molecule has 0 aromatic heterocycles. The van der Waals surface area contributed by atoms with Gasteiger partial charge in [0.2, 0.25) is 11.8 Å². The van der Waals surface area contributed by atoms with Gasteiger partial charge in [-0.1, -0.05) is 25.5 Å². The Bertz CT molecular complexity index is 546. The smallest absolute Gasteiger partial charge is 0.246 e. The first-order valence-electron chi connectivity index (χ1n) is 8.67. The van der Waals surface area contributed by atoms with Gasteiger partial charge < -0.3 is 9.80 Å². The van der Waals surface area contributed by atoms with Crippen LogP contribution in [-0.2, 0) is 9.59 Å². The third-order valence-electron chi connectivity index (χ3n) is 5.28. The van der Waals surface area contributed by atoms with Gasteiger partial charge in [-0.3, -0.25) is 9.59 Å². The molecule has 4 heteroatoms. The van der Waals surface area contributed by atoms with Crippen molar-refractivity contribution in [3.63, 3.8) is 0 Å². The molecule has 128 valence electrons. The third-order valence-corrected chi connectivity index (χ3v) is 5.28. The van der Waals surface area contributed by atoms with E-state index in [0.29, 0.717) is 19.6 Å². The fourth-order valence-corrected chi connectivity index (χ4v) is 3.90. The monoisotopic (exact) mass is 318 g/mol. The first-order valence-corrected chi connectivity index (χ1v) is 8.67. The summed E-state index contributed by atoms with van der Waals surface area (Å²) in [5.41, 5.74) is 2.87. The van der Waals surface area contributed by atoms with Crippen molar-refractivity contribution < 1.29 is 9.59 Å². The van der Waals surface area contributed by atoms with Crippen LogP contribution in [0.5, 0.6) is 0 Å². The van der Waals surface area contributed by atoms with E-state index in [4.69, 9.17) is 0 Å². The second-order valence-electron chi connectivity index (χ2n) is 7.61. The van der Waals surface area contributed by atoms with Crippen LogP contribution in [0.15, 0.2) is 23.3 Å². The zero-order valence-electron chi connectivity index (χ0n) is 15.2. The zero-order chi connectivity index (χ0) is 17.2. The van der Waals surface area contributed by atoms with E-state index in [1.54, 1.807) is 13.0 Å². The van der Waals surface area contributed by atoms with Crippen LogP contribution in [0.1, 0.15) is 53.9 Å². The van der Waals surface area contributed by atoms with E-state index < -0.39 is 0 Å². The number of rotatable bonds is 2. The predicted octanol–water partition coefficient (Wildman–Crippen LogP) is 3.15. The largest absolute Gasteiger partial charge is 0.337 e. The molecule has 0 radical (unpaired) electrons. The average Bonchev–Trinajstić information content (AvgIpc) is 2.45. The van der Waals surface area contributed by atoms with Crippen molar-refractivity contribution in [2.75, 3.05) is 19.6 Å². The van der Waals surface area contributed by atoms with Gasteiger partial charge in [-0.25, -0.2) is 0 Å². The van der Waals surface area contributed by atoms with E-state index in [-0.39, 0.29) is 23.3 Å². The minimum Gasteiger partial charge on any atom is -0.337 e. The number of hydrogen-bond acceptors (Lipinski definition) is 2. The van der Waals surface area contributed by atoms with E-state index in [1.807, 2.05) is 22.8 Å². The molecule has 1 aliphatic carbocycles. The molecule has 0 spiro atoms. The Kier molecular flexibility index (Phi) is 5.33. The van der Waals surface area contributed by atoms with E-state index in [0.717, 1.165) is 6.42 Å². The van der Waals surface area contributed by atoms with E-state index in [9.17, 15) is 9.59 Å². The van der Waals surface area contributed by atoms with Gasteiger partial charge in [-0.15, -0.1) is 0 Å². The molecular formula is C19H30N2O2. The quantitative estimate of drug-likeness (QED) is 0.734. The summed E-state index contributed by atoms with van der Waals surface area (Å²) in [6.07, 6.45) is 7.29. The van der Waals surface area contributed by atoms with Crippen molar-refractivity contribution >= 4 is 11.8 Å². The number of piperazine rings is 1. The van der Waals surface area contributed by atoms with Crippen LogP contribution < -0.4 is 0 Å². The lowest BCUT2D eigenvalue weighted by Gasteiger charge is -2.39. The third kappa shape index (κ3) is 4.04. The molecule has 0 unspecified atom stereocenters. The lowest BCUT2D eigenvalue weighted by Crippen LogP contribution is -2.54. The molecule has 0 bridgehead atoms. The Morgan fingerprint density at radius 1 is 1.26 bits per heavy atom. The lowest BCUT2D eigenvalue weighted by atomic mass is 9.72. The fraction of sp³-hybridized carbons (Fsp3) is 0.684. The van der Waals surface area contributed by atoms with Crippen LogP contribution in [0.25, 0.3) is 0 Å². The zero-order valence-corrected chi connectivity index (χ0v) is 15.2. The number of carbonyl (C=O) groups is 2. The van der Waals surface area contributed by atoms with Crippen molar-refractivity contribution in [2.45, 2.75) is 59.9 Å². The highest BCUT2D eigenvalue weighted by molar-refractivity contribution is 5.88. The minimum atomic E-state index is 0.0572. The Morgan fingerprint density at radius 3 is 2.52 bits per heavy atom. The van der Waals surface area contributed by atoms with Crippen LogP contribution in [0.3, 0.4) is 0 Å². The van der Waals surface area contributed by atoms with Gasteiger partial charge in [0, 0.05) is 38.7 Å². The normalized spacial score (nSPS) is 25.2. The lowest BCUT2D eigenvalue weighted by molar-refractivity contribution is -0.138. The van der Waals surface area contributed by atoms with E-state index >= 15 is 0 Å². The topological polar surface area (TPSA) is 40.6 Å². The maximum Gasteiger partial charge on any atom is 0.246 e. The summed E-state index contributed by atoms with van der Waals surface area (Å²) in [6, 6.07) is 0.0886. The van der Waals surface area contributed by atoms with Crippen molar-refractivity contribution in [3.8, 4) is 0 Å². The van der Waals surface area contributed by atoms with Crippen LogP contribution >= 0.6 is 0 Å². The van der Waals surface area contributed by atoms with Crippen molar-refractivity contribution in [3.05, 3.63) is 23.3 Å². The molecule has 2 amide bonds. The second-order valence-corrected chi connectivity index (χ2v) is 7.61. The summed E-state index contributed by atoms with van der Waals surface area (Å²) in [5, 5.41) is 0. The summed E-state index contributed by atoms with van der Waals surface area (Å²) >= 11 is 0. The van der Waals surface area contributed by atoms with Gasteiger partial charge in [0.15, 0.2) is 0 Å². The fourth-order valence-electron chi connectivity index (χ4n) is 3.90. The first kappa shape index (κ1) is 17.8. The van der Waals surface area contributed by atoms with Crippen LogP contribution in [0.4, 0.5) is 0 Å². The summed E-state index contributed by atoms with van der Waals surface area (Å²) in [4.78, 5) is 27.7. The van der Waals surface area contributed by atoms with Crippen molar-refractivity contribution in [2.24, 2.45) is 5.41 Å². The van der Waals surface area contributed by atoms with Crippen molar-refractivity contribution in [1.29, 1.82) is 0 Å². The molecule has 0 N–H and O–H groups in total. The van der Waals surface area contributed by atoms with Crippen LogP contribution in [0.2, 0.25) is 0 Å². The van der Waals surface area contributed by atoms with Crippen molar-refractivity contribution in [1.82, 2.24) is 9.80 Å². The maximum atomic E-state index is 12.5. The summed E-state index contributed by atoms with van der Waals surface area (Å²) < 4.78 is 0. The maximum absolute atomic E-state index is 12.5. The standard InChI is InChI=1S/C19H30N2O2/c1-14-7-6-10-19(4,5)17(14)8-9-18(23)20-11-12-21(16(3)22)15(2)13-20/h8-9,15H,6-7,10-13H2,1-5H3/b9-8+/t15-/m0/s1. The first-order chi connectivity index (χ1) is 10.7. The number of amides is 2. The number of allylic oxidation sites excluding steroid dienone is 3.